The van der Waals surface area contributed by atoms with E-state index in [1.807, 2.05) is 0 Å². The molecule has 2 nitrogen and oxygen atoms in total. The second-order valence-corrected chi connectivity index (χ2v) is 7.56. The average Bonchev–Trinajstić information content (AvgIpc) is 2.74. The Balaban J connectivity index is 2.02. The van der Waals surface area contributed by atoms with Gasteiger partial charge >= 0.3 is 0 Å². The first-order chi connectivity index (χ1) is 13.7. The van der Waals surface area contributed by atoms with Crippen molar-refractivity contribution in [3.8, 4) is 5.75 Å². The van der Waals surface area contributed by atoms with Crippen molar-refractivity contribution in [1.82, 2.24) is 4.90 Å². The predicted octanol–water partition coefficient (Wildman–Crippen LogP) is 5.76. The quantitative estimate of drug-likeness (QED) is 0.442. The van der Waals surface area contributed by atoms with Gasteiger partial charge in [-0.05, 0) is 49.3 Å². The van der Waals surface area contributed by atoms with E-state index in [1.54, 1.807) is 0 Å². The Labute approximate surface area is 169 Å². The van der Waals surface area contributed by atoms with Gasteiger partial charge in [0.25, 0.3) is 0 Å². The highest BCUT2D eigenvalue weighted by Gasteiger charge is 2.35. The minimum atomic E-state index is -0.153. The molecule has 146 valence electrons. The van der Waals surface area contributed by atoms with E-state index in [-0.39, 0.29) is 5.41 Å². The fourth-order valence-electron chi connectivity index (χ4n) is 3.94. The Morgan fingerprint density at radius 3 is 1.68 bits per heavy atom. The van der Waals surface area contributed by atoms with Gasteiger partial charge in [0.1, 0.15) is 12.4 Å². The van der Waals surface area contributed by atoms with Crippen LogP contribution in [-0.2, 0) is 5.41 Å². The first kappa shape index (κ1) is 20.2. The van der Waals surface area contributed by atoms with Gasteiger partial charge in [0.15, 0.2) is 0 Å². The molecule has 3 aromatic rings. The summed E-state index contributed by atoms with van der Waals surface area (Å²) < 4.78 is 5.91. The largest absolute Gasteiger partial charge is 0.492 e. The molecule has 2 heteroatoms. The molecule has 0 aromatic heterocycles. The van der Waals surface area contributed by atoms with Crippen molar-refractivity contribution in [3.05, 3.63) is 102 Å². The molecule has 28 heavy (non-hydrogen) atoms. The fraction of sp³-hybridized carbons (Fsp3) is 0.308. The van der Waals surface area contributed by atoms with E-state index < -0.39 is 0 Å². The molecular weight excluding hydrogens is 342 g/mol. The van der Waals surface area contributed by atoms with Crippen LogP contribution in [0.1, 0.15) is 36.5 Å². The standard InChI is InChI=1S/C26H31NO/c1-4-19-26(22-11-7-5-8-12-22,23-13-9-6-10-14-23)24-15-17-25(18-16-24)28-21-20-27(2)3/h5-18H,4,19-21H2,1-3H3. The maximum Gasteiger partial charge on any atom is 0.119 e. The monoisotopic (exact) mass is 373 g/mol. The van der Waals surface area contributed by atoms with Gasteiger partial charge in [-0.1, -0.05) is 86.1 Å². The molecule has 0 aliphatic rings. The van der Waals surface area contributed by atoms with Crippen LogP contribution in [0, 0.1) is 0 Å². The number of rotatable bonds is 9. The Kier molecular flexibility index (Phi) is 6.89. The molecule has 0 fully saturated rings. The van der Waals surface area contributed by atoms with Crippen LogP contribution in [-0.4, -0.2) is 32.1 Å². The van der Waals surface area contributed by atoms with Crippen molar-refractivity contribution in [1.29, 1.82) is 0 Å². The number of nitrogens with zero attached hydrogens (tertiary/aromatic N) is 1. The number of hydrogen-bond acceptors (Lipinski definition) is 2. The molecule has 3 aromatic carbocycles. The van der Waals surface area contributed by atoms with Gasteiger partial charge in [-0.3, -0.25) is 0 Å². The molecule has 0 N–H and O–H groups in total. The lowest BCUT2D eigenvalue weighted by molar-refractivity contribution is 0.261. The van der Waals surface area contributed by atoms with Crippen molar-refractivity contribution in [2.75, 3.05) is 27.2 Å². The van der Waals surface area contributed by atoms with Crippen LogP contribution in [0.3, 0.4) is 0 Å². The molecule has 0 saturated heterocycles. The summed E-state index contributed by atoms with van der Waals surface area (Å²) in [7, 11) is 4.12. The number of hydrogen-bond donors (Lipinski definition) is 0. The van der Waals surface area contributed by atoms with Gasteiger partial charge in [0.05, 0.1) is 0 Å². The molecule has 0 heterocycles. The van der Waals surface area contributed by atoms with Gasteiger partial charge in [0, 0.05) is 12.0 Å². The third-order valence-corrected chi connectivity index (χ3v) is 5.31. The van der Waals surface area contributed by atoms with E-state index in [0.717, 1.165) is 25.1 Å². The third kappa shape index (κ3) is 4.45. The minimum Gasteiger partial charge on any atom is -0.492 e. The van der Waals surface area contributed by atoms with E-state index in [0.29, 0.717) is 6.61 Å². The summed E-state index contributed by atoms with van der Waals surface area (Å²) in [6, 6.07) is 30.5. The second kappa shape index (κ2) is 9.57. The summed E-state index contributed by atoms with van der Waals surface area (Å²) in [5.41, 5.74) is 3.83. The summed E-state index contributed by atoms with van der Waals surface area (Å²) in [5, 5.41) is 0. The van der Waals surface area contributed by atoms with Gasteiger partial charge in [-0.25, -0.2) is 0 Å². The highest BCUT2D eigenvalue weighted by atomic mass is 16.5. The molecule has 0 atom stereocenters. The van der Waals surface area contributed by atoms with Crippen LogP contribution in [0.4, 0.5) is 0 Å². The van der Waals surface area contributed by atoms with Crippen LogP contribution in [0.5, 0.6) is 5.75 Å². The van der Waals surface area contributed by atoms with Crippen LogP contribution in [0.25, 0.3) is 0 Å². The molecule has 0 aliphatic carbocycles. The van der Waals surface area contributed by atoms with Gasteiger partial charge in [-0.15, -0.1) is 0 Å². The van der Waals surface area contributed by atoms with Crippen molar-refractivity contribution in [3.63, 3.8) is 0 Å². The van der Waals surface area contributed by atoms with Gasteiger partial charge < -0.3 is 9.64 Å². The van der Waals surface area contributed by atoms with Crippen LogP contribution < -0.4 is 4.74 Å². The molecule has 3 rings (SSSR count). The second-order valence-electron chi connectivity index (χ2n) is 7.56. The van der Waals surface area contributed by atoms with Crippen molar-refractivity contribution in [2.24, 2.45) is 0 Å². The molecular formula is C26H31NO. The topological polar surface area (TPSA) is 12.5 Å². The predicted molar refractivity (Wildman–Crippen MR) is 118 cm³/mol. The third-order valence-electron chi connectivity index (χ3n) is 5.31. The molecule has 0 amide bonds. The maximum atomic E-state index is 5.91. The summed E-state index contributed by atoms with van der Waals surface area (Å²) in [4.78, 5) is 2.13. The van der Waals surface area contributed by atoms with Crippen LogP contribution in [0.15, 0.2) is 84.9 Å². The highest BCUT2D eigenvalue weighted by molar-refractivity contribution is 5.51. The van der Waals surface area contributed by atoms with Crippen molar-refractivity contribution >= 4 is 0 Å². The van der Waals surface area contributed by atoms with Crippen molar-refractivity contribution in [2.45, 2.75) is 25.2 Å². The van der Waals surface area contributed by atoms with E-state index >= 15 is 0 Å². The van der Waals surface area contributed by atoms with E-state index in [9.17, 15) is 0 Å². The van der Waals surface area contributed by atoms with Crippen molar-refractivity contribution < 1.29 is 4.74 Å². The summed E-state index contributed by atoms with van der Waals surface area (Å²) >= 11 is 0. The Morgan fingerprint density at radius 1 is 0.714 bits per heavy atom. The van der Waals surface area contributed by atoms with Gasteiger partial charge in [0.2, 0.25) is 0 Å². The van der Waals surface area contributed by atoms with E-state index in [1.165, 1.54) is 16.7 Å². The Morgan fingerprint density at radius 2 is 1.21 bits per heavy atom. The molecule has 0 saturated carbocycles. The molecule has 0 spiro atoms. The summed E-state index contributed by atoms with van der Waals surface area (Å²) in [6.07, 6.45) is 2.16. The van der Waals surface area contributed by atoms with Crippen LogP contribution >= 0.6 is 0 Å². The molecule has 0 radical (unpaired) electrons. The number of benzene rings is 3. The molecule has 0 aliphatic heterocycles. The highest BCUT2D eigenvalue weighted by Crippen LogP contribution is 2.43. The average molecular weight is 374 g/mol. The lowest BCUT2D eigenvalue weighted by atomic mass is 9.67. The number of ether oxygens (including phenoxy) is 1. The smallest absolute Gasteiger partial charge is 0.119 e. The van der Waals surface area contributed by atoms with Gasteiger partial charge in [-0.2, -0.15) is 0 Å². The normalized spacial score (nSPS) is 11.6. The Hall–Kier alpha value is -2.58. The Bertz CT molecular complexity index is 786. The summed E-state index contributed by atoms with van der Waals surface area (Å²) in [5.74, 6) is 0.928. The van der Waals surface area contributed by atoms with Crippen LogP contribution in [0.2, 0.25) is 0 Å². The first-order valence-corrected chi connectivity index (χ1v) is 10.2. The lowest BCUT2D eigenvalue weighted by Gasteiger charge is -2.36. The molecule has 0 unspecified atom stereocenters. The fourth-order valence-corrected chi connectivity index (χ4v) is 3.94. The van der Waals surface area contributed by atoms with E-state index in [4.69, 9.17) is 4.74 Å². The zero-order chi connectivity index (χ0) is 19.8. The lowest BCUT2D eigenvalue weighted by Crippen LogP contribution is -2.29. The summed E-state index contributed by atoms with van der Waals surface area (Å²) in [6.45, 7) is 3.87. The maximum absolute atomic E-state index is 5.91. The molecule has 0 bridgehead atoms. The van der Waals surface area contributed by atoms with E-state index in [2.05, 4.69) is 111 Å². The zero-order valence-electron chi connectivity index (χ0n) is 17.3. The minimum absolute atomic E-state index is 0.153. The first-order valence-electron chi connectivity index (χ1n) is 10.2. The zero-order valence-corrected chi connectivity index (χ0v) is 17.3. The number of likely N-dealkylation sites (N-methyl/N-ethyl adjacent to an activating group) is 1. The SMILES string of the molecule is CCCC(c1ccccc1)(c1ccccc1)c1ccc(OCCN(C)C)cc1.